The van der Waals surface area contributed by atoms with Crippen molar-refractivity contribution in [3.8, 4) is 5.75 Å². The van der Waals surface area contributed by atoms with Crippen LogP contribution in [-0.4, -0.2) is 57.3 Å². The fraction of sp³-hybridized carbons (Fsp3) is 0.467. The molecular weight excluding hydrogens is 274 g/mol. The molecule has 0 saturated heterocycles. The van der Waals surface area contributed by atoms with E-state index < -0.39 is 5.97 Å². The lowest BCUT2D eigenvalue weighted by Crippen LogP contribution is -2.33. The van der Waals surface area contributed by atoms with Gasteiger partial charge in [0.15, 0.2) is 0 Å². The van der Waals surface area contributed by atoms with E-state index in [9.17, 15) is 9.59 Å². The van der Waals surface area contributed by atoms with E-state index in [0.29, 0.717) is 31.1 Å². The number of methoxy groups -OCH3 is 1. The van der Waals surface area contributed by atoms with Gasteiger partial charge in [-0.05, 0) is 31.2 Å². The summed E-state index contributed by atoms with van der Waals surface area (Å²) in [6.07, 6.45) is 0. The summed E-state index contributed by atoms with van der Waals surface area (Å²) in [5, 5.41) is 0. The van der Waals surface area contributed by atoms with Crippen molar-refractivity contribution in [2.75, 3.05) is 40.5 Å². The van der Waals surface area contributed by atoms with Gasteiger partial charge in [0.1, 0.15) is 18.9 Å². The molecule has 0 aliphatic carbocycles. The Balaban J connectivity index is 2.55. The SMILES string of the molecule is CCOC(=O)CN(C)C(=O)c1ccc(OCCOC)cc1. The van der Waals surface area contributed by atoms with Crippen LogP contribution in [0.1, 0.15) is 17.3 Å². The van der Waals surface area contributed by atoms with Crippen molar-refractivity contribution in [2.45, 2.75) is 6.92 Å². The summed E-state index contributed by atoms with van der Waals surface area (Å²) in [6, 6.07) is 6.74. The highest BCUT2D eigenvalue weighted by Crippen LogP contribution is 2.13. The van der Waals surface area contributed by atoms with Gasteiger partial charge < -0.3 is 19.1 Å². The summed E-state index contributed by atoms with van der Waals surface area (Å²) in [6.45, 7) is 2.91. The van der Waals surface area contributed by atoms with Crippen LogP contribution in [0.25, 0.3) is 0 Å². The number of carbonyl (C=O) groups is 2. The van der Waals surface area contributed by atoms with Crippen molar-refractivity contribution < 1.29 is 23.8 Å². The molecule has 0 saturated carbocycles. The van der Waals surface area contributed by atoms with Crippen LogP contribution >= 0.6 is 0 Å². The van der Waals surface area contributed by atoms with E-state index in [0.717, 1.165) is 0 Å². The first-order valence-corrected chi connectivity index (χ1v) is 6.71. The van der Waals surface area contributed by atoms with E-state index in [1.807, 2.05) is 0 Å². The third kappa shape index (κ3) is 5.83. The number of benzene rings is 1. The lowest BCUT2D eigenvalue weighted by Gasteiger charge is -2.16. The summed E-state index contributed by atoms with van der Waals surface area (Å²) < 4.78 is 15.1. The van der Waals surface area contributed by atoms with Crippen LogP contribution in [-0.2, 0) is 14.3 Å². The lowest BCUT2D eigenvalue weighted by molar-refractivity contribution is -0.143. The summed E-state index contributed by atoms with van der Waals surface area (Å²) in [4.78, 5) is 24.8. The average molecular weight is 295 g/mol. The number of nitrogens with zero attached hydrogens (tertiary/aromatic N) is 1. The van der Waals surface area contributed by atoms with Crippen LogP contribution in [0.2, 0.25) is 0 Å². The van der Waals surface area contributed by atoms with Gasteiger partial charge in [-0.3, -0.25) is 9.59 Å². The smallest absolute Gasteiger partial charge is 0.325 e. The summed E-state index contributed by atoms with van der Waals surface area (Å²) in [5.41, 5.74) is 0.487. The maximum Gasteiger partial charge on any atom is 0.325 e. The van der Waals surface area contributed by atoms with E-state index >= 15 is 0 Å². The van der Waals surface area contributed by atoms with Crippen LogP contribution in [0.4, 0.5) is 0 Å². The predicted octanol–water partition coefficient (Wildman–Crippen LogP) is 1.35. The number of carbonyl (C=O) groups excluding carboxylic acids is 2. The zero-order chi connectivity index (χ0) is 15.7. The number of esters is 1. The number of hydrogen-bond acceptors (Lipinski definition) is 5. The number of ether oxygens (including phenoxy) is 3. The largest absolute Gasteiger partial charge is 0.491 e. The maximum atomic E-state index is 12.1. The number of rotatable bonds is 8. The van der Waals surface area contributed by atoms with Gasteiger partial charge >= 0.3 is 5.97 Å². The maximum absolute atomic E-state index is 12.1. The number of hydrogen-bond donors (Lipinski definition) is 0. The first-order valence-electron chi connectivity index (χ1n) is 6.71. The standard InChI is InChI=1S/C15H21NO5/c1-4-20-14(17)11-16(2)15(18)12-5-7-13(8-6-12)21-10-9-19-3/h5-8H,4,9-11H2,1-3H3. The summed E-state index contributed by atoms with van der Waals surface area (Å²) in [5.74, 6) is -0.00369. The van der Waals surface area contributed by atoms with E-state index in [-0.39, 0.29) is 12.5 Å². The molecule has 0 aromatic heterocycles. The van der Waals surface area contributed by atoms with E-state index in [1.165, 1.54) is 4.90 Å². The van der Waals surface area contributed by atoms with Gasteiger partial charge in [0.05, 0.1) is 13.2 Å². The van der Waals surface area contributed by atoms with Crippen molar-refractivity contribution in [3.63, 3.8) is 0 Å². The third-order valence-electron chi connectivity index (χ3n) is 2.68. The Labute approximate surface area is 124 Å². The summed E-state index contributed by atoms with van der Waals surface area (Å²) in [7, 11) is 3.16. The van der Waals surface area contributed by atoms with Crippen LogP contribution in [0, 0.1) is 0 Å². The molecule has 1 aromatic carbocycles. The van der Waals surface area contributed by atoms with Crippen molar-refractivity contribution >= 4 is 11.9 Å². The molecule has 0 bridgehead atoms. The minimum atomic E-state index is -0.423. The molecule has 1 rings (SSSR count). The molecule has 1 amide bonds. The highest BCUT2D eigenvalue weighted by molar-refractivity contribution is 5.95. The molecule has 0 aliphatic heterocycles. The Kier molecular flexibility index (Phi) is 7.25. The Morgan fingerprint density at radius 1 is 1.14 bits per heavy atom. The molecule has 1 aromatic rings. The third-order valence-corrected chi connectivity index (χ3v) is 2.68. The molecule has 0 atom stereocenters. The normalized spacial score (nSPS) is 10.0. The van der Waals surface area contributed by atoms with Crippen LogP contribution in [0.3, 0.4) is 0 Å². The Hall–Kier alpha value is -2.08. The number of likely N-dealkylation sites (N-methyl/N-ethyl adjacent to an activating group) is 1. The first-order chi connectivity index (χ1) is 10.1. The van der Waals surface area contributed by atoms with Crippen LogP contribution < -0.4 is 4.74 Å². The van der Waals surface area contributed by atoms with Crippen molar-refractivity contribution in [1.29, 1.82) is 0 Å². The fourth-order valence-electron chi connectivity index (χ4n) is 1.63. The predicted molar refractivity (Wildman–Crippen MR) is 77.4 cm³/mol. The van der Waals surface area contributed by atoms with Gasteiger partial charge in [0.2, 0.25) is 0 Å². The van der Waals surface area contributed by atoms with Crippen molar-refractivity contribution in [3.05, 3.63) is 29.8 Å². The average Bonchev–Trinajstić information content (AvgIpc) is 2.47. The molecule has 116 valence electrons. The molecular formula is C15H21NO5. The number of amides is 1. The lowest BCUT2D eigenvalue weighted by atomic mass is 10.2. The van der Waals surface area contributed by atoms with E-state index in [1.54, 1.807) is 45.3 Å². The molecule has 0 spiro atoms. The second kappa shape index (κ2) is 8.97. The van der Waals surface area contributed by atoms with Gasteiger partial charge in [-0.2, -0.15) is 0 Å². The summed E-state index contributed by atoms with van der Waals surface area (Å²) >= 11 is 0. The molecule has 0 radical (unpaired) electrons. The Morgan fingerprint density at radius 3 is 2.38 bits per heavy atom. The zero-order valence-corrected chi connectivity index (χ0v) is 12.6. The topological polar surface area (TPSA) is 65.1 Å². The Bertz CT molecular complexity index is 458. The van der Waals surface area contributed by atoms with Gasteiger partial charge in [-0.25, -0.2) is 0 Å². The van der Waals surface area contributed by atoms with Crippen LogP contribution in [0.5, 0.6) is 5.75 Å². The van der Waals surface area contributed by atoms with E-state index in [4.69, 9.17) is 14.2 Å². The van der Waals surface area contributed by atoms with Gasteiger partial charge in [0, 0.05) is 19.7 Å². The van der Waals surface area contributed by atoms with Crippen molar-refractivity contribution in [1.82, 2.24) is 4.90 Å². The van der Waals surface area contributed by atoms with Gasteiger partial charge in [-0.1, -0.05) is 0 Å². The van der Waals surface area contributed by atoms with E-state index in [2.05, 4.69) is 0 Å². The Morgan fingerprint density at radius 2 is 1.81 bits per heavy atom. The molecule has 0 heterocycles. The highest BCUT2D eigenvalue weighted by atomic mass is 16.5. The molecule has 0 N–H and O–H groups in total. The highest BCUT2D eigenvalue weighted by Gasteiger charge is 2.15. The molecule has 21 heavy (non-hydrogen) atoms. The van der Waals surface area contributed by atoms with Gasteiger partial charge in [-0.15, -0.1) is 0 Å². The van der Waals surface area contributed by atoms with Crippen LogP contribution in [0.15, 0.2) is 24.3 Å². The second-order valence-corrected chi connectivity index (χ2v) is 4.33. The molecule has 6 nitrogen and oxygen atoms in total. The minimum Gasteiger partial charge on any atom is -0.491 e. The zero-order valence-electron chi connectivity index (χ0n) is 12.6. The second-order valence-electron chi connectivity index (χ2n) is 4.33. The molecule has 0 unspecified atom stereocenters. The molecule has 0 fully saturated rings. The fourth-order valence-corrected chi connectivity index (χ4v) is 1.63. The molecule has 6 heteroatoms. The van der Waals surface area contributed by atoms with Crippen molar-refractivity contribution in [2.24, 2.45) is 0 Å². The van der Waals surface area contributed by atoms with Gasteiger partial charge in [0.25, 0.3) is 5.91 Å². The monoisotopic (exact) mass is 295 g/mol. The molecule has 0 aliphatic rings. The quantitative estimate of drug-likeness (QED) is 0.535. The first kappa shape index (κ1) is 17.0. The minimum absolute atomic E-state index is 0.0707.